The molecule has 1 saturated heterocycles. The molecule has 0 aromatic rings. The van der Waals surface area contributed by atoms with E-state index in [-0.39, 0.29) is 18.5 Å². The highest BCUT2D eigenvalue weighted by Gasteiger charge is 2.27. The summed E-state index contributed by atoms with van der Waals surface area (Å²) in [5.74, 6) is -0.352. The van der Waals surface area contributed by atoms with Crippen LogP contribution in [0, 0.1) is 0 Å². The zero-order chi connectivity index (χ0) is 14.1. The lowest BCUT2D eigenvalue weighted by Crippen LogP contribution is -2.46. The lowest BCUT2D eigenvalue weighted by molar-refractivity contribution is -0.137. The molecule has 5 nitrogen and oxygen atoms in total. The van der Waals surface area contributed by atoms with Gasteiger partial charge in [-0.15, -0.1) is 0 Å². The molecule has 0 saturated carbocycles. The van der Waals surface area contributed by atoms with Gasteiger partial charge in [0.2, 0.25) is 11.8 Å². The van der Waals surface area contributed by atoms with Gasteiger partial charge in [0.15, 0.2) is 0 Å². The number of rotatable bonds is 9. The highest BCUT2D eigenvalue weighted by atomic mass is 16.2. The summed E-state index contributed by atoms with van der Waals surface area (Å²) in [6, 6.07) is 0.135. The second-order valence-electron chi connectivity index (χ2n) is 5.30. The van der Waals surface area contributed by atoms with Gasteiger partial charge in [0, 0.05) is 19.0 Å². The zero-order valence-corrected chi connectivity index (χ0v) is 12.0. The van der Waals surface area contributed by atoms with Gasteiger partial charge in [-0.3, -0.25) is 9.59 Å². The van der Waals surface area contributed by atoms with E-state index in [1.807, 2.05) is 0 Å². The van der Waals surface area contributed by atoms with Gasteiger partial charge >= 0.3 is 0 Å². The Bertz CT molecular complexity index is 288. The minimum Gasteiger partial charge on any atom is -0.368 e. The Labute approximate surface area is 115 Å². The van der Waals surface area contributed by atoms with E-state index in [1.54, 1.807) is 4.90 Å². The van der Waals surface area contributed by atoms with E-state index in [1.165, 1.54) is 19.3 Å². The Hall–Kier alpha value is -1.10. The van der Waals surface area contributed by atoms with Gasteiger partial charge in [-0.1, -0.05) is 32.6 Å². The molecule has 110 valence electrons. The second kappa shape index (κ2) is 8.91. The van der Waals surface area contributed by atoms with Crippen LogP contribution in [-0.2, 0) is 9.59 Å². The fourth-order valence-electron chi connectivity index (χ4n) is 2.52. The monoisotopic (exact) mass is 269 g/mol. The highest BCUT2D eigenvalue weighted by Crippen LogP contribution is 2.12. The molecule has 0 aromatic heterocycles. The maximum Gasteiger partial charge on any atom is 0.237 e. The summed E-state index contributed by atoms with van der Waals surface area (Å²) in [6.07, 6.45) is 7.06. The van der Waals surface area contributed by atoms with Gasteiger partial charge in [0.1, 0.15) is 0 Å². The number of nitrogens with one attached hydrogen (secondary N) is 1. The van der Waals surface area contributed by atoms with Crippen LogP contribution in [-0.4, -0.2) is 42.4 Å². The molecule has 1 fully saturated rings. The van der Waals surface area contributed by atoms with E-state index in [0.29, 0.717) is 6.42 Å². The van der Waals surface area contributed by atoms with Crippen molar-refractivity contribution in [3.8, 4) is 0 Å². The first kappa shape index (κ1) is 16.0. The fourth-order valence-corrected chi connectivity index (χ4v) is 2.52. The average Bonchev–Trinajstić information content (AvgIpc) is 2.89. The zero-order valence-electron chi connectivity index (χ0n) is 12.0. The Balaban J connectivity index is 2.35. The number of carbonyl (C=O) groups excluding carboxylic acids is 2. The van der Waals surface area contributed by atoms with Crippen molar-refractivity contribution in [2.75, 3.05) is 19.6 Å². The molecule has 5 heteroatoms. The van der Waals surface area contributed by atoms with Crippen molar-refractivity contribution < 1.29 is 9.59 Å². The van der Waals surface area contributed by atoms with Crippen LogP contribution in [0.3, 0.4) is 0 Å². The molecule has 0 radical (unpaired) electrons. The van der Waals surface area contributed by atoms with Crippen molar-refractivity contribution in [3.63, 3.8) is 0 Å². The van der Waals surface area contributed by atoms with Crippen LogP contribution < -0.4 is 11.1 Å². The molecule has 19 heavy (non-hydrogen) atoms. The third-order valence-electron chi connectivity index (χ3n) is 3.62. The first-order valence-electron chi connectivity index (χ1n) is 7.43. The molecule has 0 aromatic carbocycles. The quantitative estimate of drug-likeness (QED) is 0.614. The van der Waals surface area contributed by atoms with E-state index in [4.69, 9.17) is 5.73 Å². The number of unbranched alkanes of at least 4 members (excludes halogenated alkanes) is 4. The smallest absolute Gasteiger partial charge is 0.237 e. The normalized spacial score (nSPS) is 18.5. The molecule has 2 amide bonds. The Morgan fingerprint density at radius 2 is 2.00 bits per heavy atom. The van der Waals surface area contributed by atoms with Crippen LogP contribution >= 0.6 is 0 Å². The third-order valence-corrected chi connectivity index (χ3v) is 3.62. The topological polar surface area (TPSA) is 75.4 Å². The predicted octanol–water partition coefficient (Wildman–Crippen LogP) is 1.02. The van der Waals surface area contributed by atoms with Crippen molar-refractivity contribution >= 4 is 11.8 Å². The summed E-state index contributed by atoms with van der Waals surface area (Å²) in [5.41, 5.74) is 5.24. The SMILES string of the molecule is CCCCCCCC(=O)N(CC(N)=O)C1CCNC1. The number of nitrogens with two attached hydrogens (primary N) is 1. The third kappa shape index (κ3) is 6.05. The molecule has 0 bridgehead atoms. The number of primary amides is 1. The summed E-state index contributed by atoms with van der Waals surface area (Å²) in [5, 5.41) is 3.22. The van der Waals surface area contributed by atoms with Crippen LogP contribution in [0.1, 0.15) is 51.9 Å². The van der Waals surface area contributed by atoms with Crippen LogP contribution in [0.2, 0.25) is 0 Å². The number of hydrogen-bond acceptors (Lipinski definition) is 3. The maximum absolute atomic E-state index is 12.2. The van der Waals surface area contributed by atoms with Crippen molar-refractivity contribution in [1.82, 2.24) is 10.2 Å². The van der Waals surface area contributed by atoms with Gasteiger partial charge in [-0.05, 0) is 19.4 Å². The van der Waals surface area contributed by atoms with Crippen LogP contribution in [0.15, 0.2) is 0 Å². The summed E-state index contributed by atoms with van der Waals surface area (Å²) in [4.78, 5) is 25.0. The van der Waals surface area contributed by atoms with Crippen LogP contribution in [0.4, 0.5) is 0 Å². The summed E-state index contributed by atoms with van der Waals surface area (Å²) in [6.45, 7) is 3.91. The molecule has 1 rings (SSSR count). The number of hydrogen-bond donors (Lipinski definition) is 2. The van der Waals surface area contributed by atoms with Gasteiger partial charge in [0.05, 0.1) is 6.54 Å². The number of amides is 2. The van der Waals surface area contributed by atoms with E-state index < -0.39 is 5.91 Å². The first-order chi connectivity index (χ1) is 9.15. The molecular formula is C14H27N3O2. The van der Waals surface area contributed by atoms with Gasteiger partial charge in [-0.2, -0.15) is 0 Å². The minimum atomic E-state index is -0.425. The van der Waals surface area contributed by atoms with Crippen molar-refractivity contribution in [1.29, 1.82) is 0 Å². The molecule has 3 N–H and O–H groups in total. The number of carbonyl (C=O) groups is 2. The van der Waals surface area contributed by atoms with E-state index in [2.05, 4.69) is 12.2 Å². The fraction of sp³-hybridized carbons (Fsp3) is 0.857. The van der Waals surface area contributed by atoms with Crippen molar-refractivity contribution in [2.24, 2.45) is 5.73 Å². The second-order valence-corrected chi connectivity index (χ2v) is 5.30. The highest BCUT2D eigenvalue weighted by molar-refractivity contribution is 5.84. The lowest BCUT2D eigenvalue weighted by atomic mass is 10.1. The maximum atomic E-state index is 12.2. The molecule has 1 aliphatic rings. The van der Waals surface area contributed by atoms with Gasteiger partial charge in [-0.25, -0.2) is 0 Å². The van der Waals surface area contributed by atoms with Gasteiger partial charge in [0.25, 0.3) is 0 Å². The van der Waals surface area contributed by atoms with E-state index >= 15 is 0 Å². The summed E-state index contributed by atoms with van der Waals surface area (Å²) in [7, 11) is 0. The molecule has 1 atom stereocenters. The largest absolute Gasteiger partial charge is 0.368 e. The number of nitrogens with zero attached hydrogens (tertiary/aromatic N) is 1. The summed E-state index contributed by atoms with van der Waals surface area (Å²) < 4.78 is 0. The minimum absolute atomic E-state index is 0.0557. The molecule has 1 aliphatic heterocycles. The first-order valence-corrected chi connectivity index (χ1v) is 7.43. The van der Waals surface area contributed by atoms with Gasteiger partial charge < -0.3 is 16.0 Å². The average molecular weight is 269 g/mol. The Morgan fingerprint density at radius 3 is 2.58 bits per heavy atom. The van der Waals surface area contributed by atoms with E-state index in [0.717, 1.165) is 32.4 Å². The van der Waals surface area contributed by atoms with Crippen LogP contribution in [0.5, 0.6) is 0 Å². The standard InChI is InChI=1S/C14H27N3O2/c1-2-3-4-5-6-7-14(19)17(11-13(15)18)12-8-9-16-10-12/h12,16H,2-11H2,1H3,(H2,15,18). The molecule has 1 heterocycles. The van der Waals surface area contributed by atoms with E-state index in [9.17, 15) is 9.59 Å². The van der Waals surface area contributed by atoms with Crippen LogP contribution in [0.25, 0.3) is 0 Å². The van der Waals surface area contributed by atoms with Crippen molar-refractivity contribution in [2.45, 2.75) is 57.9 Å². The Morgan fingerprint density at radius 1 is 1.26 bits per heavy atom. The molecule has 0 spiro atoms. The Kier molecular flexibility index (Phi) is 7.48. The molecule has 1 unspecified atom stereocenters. The lowest BCUT2D eigenvalue weighted by Gasteiger charge is -2.27. The molecule has 0 aliphatic carbocycles. The molecular weight excluding hydrogens is 242 g/mol. The van der Waals surface area contributed by atoms with Crippen molar-refractivity contribution in [3.05, 3.63) is 0 Å². The summed E-state index contributed by atoms with van der Waals surface area (Å²) >= 11 is 0. The predicted molar refractivity (Wildman–Crippen MR) is 75.6 cm³/mol.